The predicted octanol–water partition coefficient (Wildman–Crippen LogP) is 2.10. The van der Waals surface area contributed by atoms with E-state index in [0.29, 0.717) is 0 Å². The minimum atomic E-state index is 0.730. The van der Waals surface area contributed by atoms with Crippen molar-refractivity contribution in [3.05, 3.63) is 18.6 Å². The lowest BCUT2D eigenvalue weighted by molar-refractivity contribution is 0.394. The molecule has 0 bridgehead atoms. The summed E-state index contributed by atoms with van der Waals surface area (Å²) in [5.41, 5.74) is 0. The highest BCUT2D eigenvalue weighted by Gasteiger charge is 2.11. The van der Waals surface area contributed by atoms with E-state index in [1.165, 1.54) is 32.2 Å². The first-order chi connectivity index (χ1) is 7.45. The van der Waals surface area contributed by atoms with Crippen LogP contribution in [-0.4, -0.2) is 28.3 Å². The normalized spacial score (nSPS) is 21.5. The van der Waals surface area contributed by atoms with Gasteiger partial charge in [-0.2, -0.15) is 0 Å². The lowest BCUT2D eigenvalue weighted by Crippen LogP contribution is -2.34. The first kappa shape index (κ1) is 10.9. The van der Waals surface area contributed by atoms with E-state index in [0.717, 1.165) is 16.8 Å². The Hall–Kier alpha value is -0.610. The molecule has 1 saturated heterocycles. The van der Waals surface area contributed by atoms with Gasteiger partial charge in [0.2, 0.25) is 0 Å². The third-order valence-corrected chi connectivity index (χ3v) is 3.66. The Morgan fingerprint density at radius 3 is 3.20 bits per heavy atom. The van der Waals surface area contributed by atoms with E-state index in [4.69, 9.17) is 0 Å². The molecule has 82 valence electrons. The lowest BCUT2D eigenvalue weighted by atomic mass is 10.0. The minimum Gasteiger partial charge on any atom is -0.314 e. The molecule has 1 aromatic rings. The molecule has 1 fully saturated rings. The molecule has 4 heteroatoms. The number of hydrogen-bond donors (Lipinski definition) is 1. The van der Waals surface area contributed by atoms with E-state index in [9.17, 15) is 0 Å². The third-order valence-electron chi connectivity index (χ3n) is 2.68. The molecular weight excluding hydrogens is 206 g/mol. The Morgan fingerprint density at radius 2 is 2.47 bits per heavy atom. The second kappa shape index (κ2) is 6.08. The van der Waals surface area contributed by atoms with E-state index in [1.807, 2.05) is 17.8 Å². The van der Waals surface area contributed by atoms with Gasteiger partial charge in [-0.1, -0.05) is 6.42 Å². The third kappa shape index (κ3) is 3.80. The molecule has 0 amide bonds. The second-order valence-corrected chi connectivity index (χ2v) is 4.95. The summed E-state index contributed by atoms with van der Waals surface area (Å²) in [4.78, 5) is 8.10. The summed E-state index contributed by atoms with van der Waals surface area (Å²) < 4.78 is 0. The molecule has 1 aromatic heterocycles. The maximum atomic E-state index is 4.19. The topological polar surface area (TPSA) is 37.8 Å². The number of aromatic nitrogens is 2. The van der Waals surface area contributed by atoms with Gasteiger partial charge >= 0.3 is 0 Å². The number of nitrogens with zero attached hydrogens (tertiary/aromatic N) is 2. The van der Waals surface area contributed by atoms with Crippen LogP contribution in [0.3, 0.4) is 0 Å². The largest absolute Gasteiger partial charge is 0.314 e. The van der Waals surface area contributed by atoms with Crippen molar-refractivity contribution in [2.45, 2.75) is 36.8 Å². The van der Waals surface area contributed by atoms with Crippen molar-refractivity contribution in [2.75, 3.05) is 12.3 Å². The SMILES string of the molecule is c1cc(SCCC2CCCCN2)ncn1. The van der Waals surface area contributed by atoms with Gasteiger partial charge in [0, 0.05) is 18.0 Å². The summed E-state index contributed by atoms with van der Waals surface area (Å²) in [7, 11) is 0. The molecule has 3 nitrogen and oxygen atoms in total. The fourth-order valence-electron chi connectivity index (χ4n) is 1.84. The van der Waals surface area contributed by atoms with Crippen molar-refractivity contribution >= 4 is 11.8 Å². The molecular formula is C11H17N3S. The van der Waals surface area contributed by atoms with Gasteiger partial charge in [-0.25, -0.2) is 9.97 Å². The molecule has 1 atom stereocenters. The highest BCUT2D eigenvalue weighted by Crippen LogP contribution is 2.18. The number of nitrogens with one attached hydrogen (secondary N) is 1. The molecule has 2 heterocycles. The van der Waals surface area contributed by atoms with E-state index in [2.05, 4.69) is 15.3 Å². The van der Waals surface area contributed by atoms with Gasteiger partial charge in [0.15, 0.2) is 0 Å². The fraction of sp³-hybridized carbons (Fsp3) is 0.636. The van der Waals surface area contributed by atoms with E-state index in [-0.39, 0.29) is 0 Å². The van der Waals surface area contributed by atoms with Crippen LogP contribution in [0.5, 0.6) is 0 Å². The first-order valence-corrected chi connectivity index (χ1v) is 6.56. The zero-order valence-corrected chi connectivity index (χ0v) is 9.67. The van der Waals surface area contributed by atoms with Crippen LogP contribution in [-0.2, 0) is 0 Å². The minimum absolute atomic E-state index is 0.730. The number of rotatable bonds is 4. The molecule has 0 aliphatic carbocycles. The van der Waals surface area contributed by atoms with Crippen LogP contribution < -0.4 is 5.32 Å². The second-order valence-electron chi connectivity index (χ2n) is 3.83. The summed E-state index contributed by atoms with van der Waals surface area (Å²) in [6, 6.07) is 2.70. The highest BCUT2D eigenvalue weighted by atomic mass is 32.2. The molecule has 1 aliphatic rings. The molecule has 15 heavy (non-hydrogen) atoms. The Labute approximate surface area is 95.1 Å². The molecule has 0 spiro atoms. The molecule has 0 saturated carbocycles. The highest BCUT2D eigenvalue weighted by molar-refractivity contribution is 7.99. The van der Waals surface area contributed by atoms with Crippen LogP contribution in [0.4, 0.5) is 0 Å². The zero-order valence-electron chi connectivity index (χ0n) is 8.85. The summed E-state index contributed by atoms with van der Waals surface area (Å²) in [6.07, 6.45) is 8.72. The van der Waals surface area contributed by atoms with Crippen LogP contribution in [0.2, 0.25) is 0 Å². The smallest absolute Gasteiger partial charge is 0.116 e. The van der Waals surface area contributed by atoms with Crippen molar-refractivity contribution in [1.82, 2.24) is 15.3 Å². The Bertz CT molecular complexity index is 272. The Balaban J connectivity index is 1.66. The van der Waals surface area contributed by atoms with Gasteiger partial charge in [-0.3, -0.25) is 0 Å². The van der Waals surface area contributed by atoms with Crippen molar-refractivity contribution in [2.24, 2.45) is 0 Å². The number of thioether (sulfide) groups is 1. The van der Waals surface area contributed by atoms with Gasteiger partial charge < -0.3 is 5.32 Å². The van der Waals surface area contributed by atoms with E-state index in [1.54, 1.807) is 12.5 Å². The van der Waals surface area contributed by atoms with Gasteiger partial charge in [0.05, 0.1) is 5.03 Å². The molecule has 0 aromatic carbocycles. The van der Waals surface area contributed by atoms with Gasteiger partial charge in [-0.15, -0.1) is 11.8 Å². The molecule has 1 unspecified atom stereocenters. The van der Waals surface area contributed by atoms with Gasteiger partial charge in [-0.05, 0) is 31.9 Å². The van der Waals surface area contributed by atoms with Crippen LogP contribution >= 0.6 is 11.8 Å². The summed E-state index contributed by atoms with van der Waals surface area (Å²) in [6.45, 7) is 1.20. The average molecular weight is 223 g/mol. The van der Waals surface area contributed by atoms with Crippen molar-refractivity contribution in [1.29, 1.82) is 0 Å². The summed E-state index contributed by atoms with van der Waals surface area (Å²) in [5.74, 6) is 1.15. The summed E-state index contributed by atoms with van der Waals surface area (Å²) in [5, 5.41) is 4.64. The van der Waals surface area contributed by atoms with Crippen LogP contribution in [0.15, 0.2) is 23.6 Å². The average Bonchev–Trinajstić information content (AvgIpc) is 2.32. The monoisotopic (exact) mass is 223 g/mol. The lowest BCUT2D eigenvalue weighted by Gasteiger charge is -2.22. The Morgan fingerprint density at radius 1 is 1.47 bits per heavy atom. The first-order valence-electron chi connectivity index (χ1n) is 5.57. The number of piperidine rings is 1. The molecule has 2 rings (SSSR count). The maximum absolute atomic E-state index is 4.19. The van der Waals surface area contributed by atoms with Crippen molar-refractivity contribution in [3.8, 4) is 0 Å². The fourth-order valence-corrected chi connectivity index (χ4v) is 2.73. The van der Waals surface area contributed by atoms with Crippen LogP contribution in [0, 0.1) is 0 Å². The van der Waals surface area contributed by atoms with E-state index >= 15 is 0 Å². The molecule has 0 radical (unpaired) electrons. The predicted molar refractivity (Wildman–Crippen MR) is 63.0 cm³/mol. The van der Waals surface area contributed by atoms with E-state index < -0.39 is 0 Å². The van der Waals surface area contributed by atoms with Gasteiger partial charge in [0.1, 0.15) is 6.33 Å². The number of hydrogen-bond acceptors (Lipinski definition) is 4. The zero-order chi connectivity index (χ0) is 10.3. The van der Waals surface area contributed by atoms with Crippen LogP contribution in [0.25, 0.3) is 0 Å². The Kier molecular flexibility index (Phi) is 4.41. The molecule has 1 aliphatic heterocycles. The van der Waals surface area contributed by atoms with Crippen LogP contribution in [0.1, 0.15) is 25.7 Å². The quantitative estimate of drug-likeness (QED) is 0.626. The maximum Gasteiger partial charge on any atom is 0.116 e. The summed E-state index contributed by atoms with van der Waals surface area (Å²) >= 11 is 1.82. The van der Waals surface area contributed by atoms with Crippen molar-refractivity contribution < 1.29 is 0 Å². The van der Waals surface area contributed by atoms with Crippen molar-refractivity contribution in [3.63, 3.8) is 0 Å². The standard InChI is InChI=1S/C11H17N3S/c1-2-6-13-10(3-1)5-8-15-11-4-7-12-9-14-11/h4,7,9-10,13H,1-3,5-6,8H2. The van der Waals surface area contributed by atoms with Gasteiger partial charge in [0.25, 0.3) is 0 Å². The molecule has 1 N–H and O–H groups in total.